The van der Waals surface area contributed by atoms with Gasteiger partial charge in [-0.2, -0.15) is 0 Å². The van der Waals surface area contributed by atoms with Crippen molar-refractivity contribution in [3.8, 4) is 0 Å². The molecule has 14 heteroatoms. The third-order valence-corrected chi connectivity index (χ3v) is 11.6. The minimum absolute atomic E-state index is 0.0486. The van der Waals surface area contributed by atoms with Gasteiger partial charge in [0.2, 0.25) is 12.2 Å². The summed E-state index contributed by atoms with van der Waals surface area (Å²) in [6.45, 7) is 6.80. The Kier molecular flexibility index (Phi) is 36.8. The van der Waals surface area contributed by atoms with Gasteiger partial charge in [0.1, 0.15) is 32.0 Å². The molecule has 0 saturated carbocycles. The highest BCUT2D eigenvalue weighted by Gasteiger charge is 2.53. The molecule has 0 bridgehead atoms. The molecule has 372 valence electrons. The van der Waals surface area contributed by atoms with E-state index in [0.717, 1.165) is 148 Å². The number of amides is 1. The fraction of sp³-hybridized carbons (Fsp3) is 0.880. The predicted octanol–water partition coefficient (Wildman–Crippen LogP) is 10.8. The van der Waals surface area contributed by atoms with E-state index in [2.05, 4.69) is 33.0 Å². The van der Waals surface area contributed by atoms with E-state index in [1.165, 1.54) is 6.42 Å². The molecule has 1 rings (SSSR count). The normalized spacial score (nSPS) is 18.3. The van der Waals surface area contributed by atoms with Gasteiger partial charge < -0.3 is 38.8 Å². The summed E-state index contributed by atoms with van der Waals surface area (Å²) < 4.78 is 35.2. The lowest BCUT2D eigenvalue weighted by Gasteiger charge is -2.44. The van der Waals surface area contributed by atoms with E-state index in [-0.39, 0.29) is 25.7 Å². The number of hydrogen-bond acceptors (Lipinski definition) is 12. The standard InChI is InChI=1S/C50H89NO13/c1-5-9-13-17-21-25-29-33-43(55)60-37-40-48(62-44(56)34-30-26-22-18-14-10-6-2)49(63-45(57)35-31-27-23-19-15-11-7-3)47(51-41(52)38-59-39-42(53)54)50(61-40)64-46(58)36-32-28-24-20-16-12-8-4/h40,47-50H,5-39H2,1-4H3,(H,51,52)(H,53,54)/t40-,47-,48-,49-,50+/m1/s1. The van der Waals surface area contributed by atoms with Gasteiger partial charge in [-0.25, -0.2) is 4.79 Å². The first-order chi connectivity index (χ1) is 31.1. The van der Waals surface area contributed by atoms with Crippen molar-refractivity contribution in [2.24, 2.45) is 0 Å². The van der Waals surface area contributed by atoms with Gasteiger partial charge in [-0.05, 0) is 25.7 Å². The summed E-state index contributed by atoms with van der Waals surface area (Å²) in [7, 11) is 0. The van der Waals surface area contributed by atoms with E-state index in [1.54, 1.807) is 0 Å². The number of ether oxygens (including phenoxy) is 6. The number of unbranched alkanes of at least 4 members (excludes halogenated alkanes) is 24. The Bertz CT molecular complexity index is 1250. The van der Waals surface area contributed by atoms with Gasteiger partial charge in [0.15, 0.2) is 12.2 Å². The Labute approximate surface area is 386 Å². The SMILES string of the molecule is CCCCCCCCCC(=O)OC[C@H]1O[C@@H](OC(=O)CCCCCCCCC)[C@H](NC(=O)COCC(=O)O)[C@@H](OC(=O)CCCCCCCCC)[C@@H]1OC(=O)CCCCCCCCC. The summed E-state index contributed by atoms with van der Waals surface area (Å²) in [5, 5.41) is 11.8. The molecular formula is C50H89NO13. The van der Waals surface area contributed by atoms with Crippen LogP contribution in [0.3, 0.4) is 0 Å². The molecule has 0 spiro atoms. The molecule has 1 aliphatic heterocycles. The quantitative estimate of drug-likeness (QED) is 0.0334. The number of rotatable bonds is 42. The fourth-order valence-electron chi connectivity index (χ4n) is 7.80. The van der Waals surface area contributed by atoms with Gasteiger partial charge in [0.25, 0.3) is 0 Å². The van der Waals surface area contributed by atoms with Gasteiger partial charge >= 0.3 is 29.8 Å². The Morgan fingerprint density at radius 3 is 1.22 bits per heavy atom. The van der Waals surface area contributed by atoms with Crippen molar-refractivity contribution in [2.75, 3.05) is 19.8 Å². The Balaban J connectivity index is 3.44. The zero-order valence-corrected chi connectivity index (χ0v) is 40.5. The van der Waals surface area contributed by atoms with Crippen LogP contribution in [0.25, 0.3) is 0 Å². The first-order valence-corrected chi connectivity index (χ1v) is 25.5. The van der Waals surface area contributed by atoms with Gasteiger partial charge in [0.05, 0.1) is 0 Å². The van der Waals surface area contributed by atoms with Crippen molar-refractivity contribution in [1.29, 1.82) is 0 Å². The van der Waals surface area contributed by atoms with Crippen molar-refractivity contribution in [3.63, 3.8) is 0 Å². The second kappa shape index (κ2) is 40.1. The highest BCUT2D eigenvalue weighted by molar-refractivity contribution is 5.78. The Morgan fingerprint density at radius 2 is 0.812 bits per heavy atom. The zero-order valence-electron chi connectivity index (χ0n) is 40.5. The van der Waals surface area contributed by atoms with E-state index < -0.39 is 86.2 Å². The third-order valence-electron chi connectivity index (χ3n) is 11.6. The van der Waals surface area contributed by atoms with Crippen LogP contribution in [0.2, 0.25) is 0 Å². The molecule has 0 aromatic rings. The molecule has 1 fully saturated rings. The largest absolute Gasteiger partial charge is 0.480 e. The molecule has 64 heavy (non-hydrogen) atoms. The van der Waals surface area contributed by atoms with Crippen LogP contribution in [0.5, 0.6) is 0 Å². The first-order valence-electron chi connectivity index (χ1n) is 25.5. The second-order valence-electron chi connectivity index (χ2n) is 17.6. The molecule has 1 heterocycles. The van der Waals surface area contributed by atoms with Gasteiger partial charge in [0, 0.05) is 25.7 Å². The van der Waals surface area contributed by atoms with E-state index >= 15 is 0 Å². The molecule has 0 aliphatic carbocycles. The molecule has 1 aliphatic rings. The van der Waals surface area contributed by atoms with Crippen molar-refractivity contribution in [1.82, 2.24) is 5.32 Å². The monoisotopic (exact) mass is 912 g/mol. The lowest BCUT2D eigenvalue weighted by molar-refractivity contribution is -0.272. The third kappa shape index (κ3) is 30.8. The van der Waals surface area contributed by atoms with Gasteiger partial charge in [-0.15, -0.1) is 0 Å². The summed E-state index contributed by atoms with van der Waals surface area (Å²) in [6, 6.07) is -1.40. The Hall–Kier alpha value is -3.26. The van der Waals surface area contributed by atoms with Crippen LogP contribution in [0.1, 0.15) is 233 Å². The molecule has 0 aromatic carbocycles. The van der Waals surface area contributed by atoms with Gasteiger partial charge in [-0.3, -0.25) is 24.0 Å². The van der Waals surface area contributed by atoms with Crippen LogP contribution in [-0.4, -0.2) is 91.3 Å². The first kappa shape index (κ1) is 58.8. The Morgan fingerprint density at radius 1 is 0.453 bits per heavy atom. The number of hydrogen-bond donors (Lipinski definition) is 2. The number of carbonyl (C=O) groups excluding carboxylic acids is 5. The van der Waals surface area contributed by atoms with E-state index in [1.807, 2.05) is 0 Å². The summed E-state index contributed by atoms with van der Waals surface area (Å²) in [5.74, 6) is -4.37. The van der Waals surface area contributed by atoms with E-state index in [4.69, 9.17) is 33.5 Å². The number of carboxylic acids is 1. The summed E-state index contributed by atoms with van der Waals surface area (Å²) >= 11 is 0. The molecule has 0 radical (unpaired) electrons. The fourth-order valence-corrected chi connectivity index (χ4v) is 7.80. The van der Waals surface area contributed by atoms with Crippen LogP contribution in [0.15, 0.2) is 0 Å². The summed E-state index contributed by atoms with van der Waals surface area (Å²) in [5.41, 5.74) is 0. The van der Waals surface area contributed by atoms with Crippen molar-refractivity contribution in [2.45, 2.75) is 264 Å². The summed E-state index contributed by atoms with van der Waals surface area (Å²) in [4.78, 5) is 78.3. The summed E-state index contributed by atoms with van der Waals surface area (Å²) in [6.07, 6.45) is 22.4. The van der Waals surface area contributed by atoms with Crippen LogP contribution in [-0.2, 0) is 57.2 Å². The molecule has 1 saturated heterocycles. The minimum atomic E-state index is -1.55. The molecular weight excluding hydrogens is 823 g/mol. The number of carbonyl (C=O) groups is 6. The van der Waals surface area contributed by atoms with Crippen molar-refractivity contribution in [3.05, 3.63) is 0 Å². The van der Waals surface area contributed by atoms with Crippen LogP contribution >= 0.6 is 0 Å². The highest BCUT2D eigenvalue weighted by atomic mass is 16.7. The number of aliphatic carboxylic acids is 1. The van der Waals surface area contributed by atoms with Crippen molar-refractivity contribution >= 4 is 35.8 Å². The maximum absolute atomic E-state index is 13.7. The second-order valence-corrected chi connectivity index (χ2v) is 17.6. The average Bonchev–Trinajstić information content (AvgIpc) is 3.26. The smallest absolute Gasteiger partial charge is 0.329 e. The predicted molar refractivity (Wildman–Crippen MR) is 246 cm³/mol. The van der Waals surface area contributed by atoms with Crippen LogP contribution < -0.4 is 5.32 Å². The van der Waals surface area contributed by atoms with Gasteiger partial charge in [-0.1, -0.05) is 182 Å². The van der Waals surface area contributed by atoms with E-state index in [0.29, 0.717) is 25.7 Å². The van der Waals surface area contributed by atoms with Crippen LogP contribution in [0.4, 0.5) is 0 Å². The zero-order chi connectivity index (χ0) is 47.0. The molecule has 2 N–H and O–H groups in total. The maximum atomic E-state index is 13.7. The lowest BCUT2D eigenvalue weighted by Crippen LogP contribution is -2.67. The van der Waals surface area contributed by atoms with Crippen LogP contribution in [0, 0.1) is 0 Å². The number of carboxylic acid groups (broad SMARTS) is 1. The van der Waals surface area contributed by atoms with E-state index in [9.17, 15) is 28.8 Å². The molecule has 0 aromatic heterocycles. The maximum Gasteiger partial charge on any atom is 0.329 e. The molecule has 1 amide bonds. The molecule has 0 unspecified atom stereocenters. The molecule has 14 nitrogen and oxygen atoms in total. The topological polar surface area (TPSA) is 190 Å². The average molecular weight is 912 g/mol. The lowest BCUT2D eigenvalue weighted by atomic mass is 9.95. The highest BCUT2D eigenvalue weighted by Crippen LogP contribution is 2.30. The molecule has 5 atom stereocenters. The number of nitrogens with one attached hydrogen (secondary N) is 1. The minimum Gasteiger partial charge on any atom is -0.480 e. The number of esters is 4. The van der Waals surface area contributed by atoms with Crippen molar-refractivity contribution < 1.29 is 62.3 Å².